The van der Waals surface area contributed by atoms with E-state index < -0.39 is 23.4 Å². The number of β-amino-alcohol motifs (C(OH)–C–C–N with tert-alkyl or cyclic N) is 1. The minimum Gasteiger partial charge on any atom is -0.386 e. The van der Waals surface area contributed by atoms with E-state index in [2.05, 4.69) is 5.32 Å². The fourth-order valence-electron chi connectivity index (χ4n) is 2.38. The normalized spacial score (nSPS) is 17.3. The summed E-state index contributed by atoms with van der Waals surface area (Å²) in [5, 5.41) is 12.5. The average molecular weight is 302 g/mol. The van der Waals surface area contributed by atoms with Gasteiger partial charge in [-0.2, -0.15) is 13.2 Å². The van der Waals surface area contributed by atoms with Crippen molar-refractivity contribution >= 4 is 11.7 Å². The van der Waals surface area contributed by atoms with Gasteiger partial charge < -0.3 is 15.3 Å². The smallest absolute Gasteiger partial charge is 0.386 e. The van der Waals surface area contributed by atoms with Crippen LogP contribution in [0.1, 0.15) is 25.3 Å². The Labute approximate surface area is 120 Å². The quantitative estimate of drug-likeness (QED) is 0.901. The summed E-state index contributed by atoms with van der Waals surface area (Å²) in [6.45, 7) is 2.43. The molecule has 1 saturated heterocycles. The van der Waals surface area contributed by atoms with E-state index in [1.54, 1.807) is 0 Å². The first kappa shape index (κ1) is 15.6. The van der Waals surface area contributed by atoms with E-state index in [-0.39, 0.29) is 13.1 Å². The number of rotatable bonds is 3. The van der Waals surface area contributed by atoms with Crippen LogP contribution in [0.4, 0.5) is 23.7 Å². The van der Waals surface area contributed by atoms with Crippen molar-refractivity contribution in [1.29, 1.82) is 0 Å². The van der Waals surface area contributed by atoms with Crippen molar-refractivity contribution in [2.75, 3.05) is 18.4 Å². The highest BCUT2D eigenvalue weighted by molar-refractivity contribution is 5.90. The highest BCUT2D eigenvalue weighted by atomic mass is 19.4. The van der Waals surface area contributed by atoms with Crippen molar-refractivity contribution in [2.45, 2.75) is 31.5 Å². The Kier molecular flexibility index (Phi) is 4.13. The van der Waals surface area contributed by atoms with Gasteiger partial charge in [-0.05, 0) is 30.7 Å². The molecule has 0 atom stereocenters. The van der Waals surface area contributed by atoms with Crippen LogP contribution in [0.25, 0.3) is 0 Å². The predicted octanol–water partition coefficient (Wildman–Crippen LogP) is 3.08. The third-order valence-corrected chi connectivity index (χ3v) is 3.44. The second kappa shape index (κ2) is 5.55. The summed E-state index contributed by atoms with van der Waals surface area (Å²) in [4.78, 5) is 13.3. The molecular formula is C14H17F3N2O2. The molecule has 0 unspecified atom stereocenters. The molecule has 1 aliphatic rings. The maximum Gasteiger partial charge on any atom is 0.416 e. The highest BCUT2D eigenvalue weighted by Gasteiger charge is 2.42. The number of amides is 2. The lowest BCUT2D eigenvalue weighted by Crippen LogP contribution is -2.64. The Morgan fingerprint density at radius 1 is 1.33 bits per heavy atom. The van der Waals surface area contributed by atoms with E-state index in [1.165, 1.54) is 17.0 Å². The first-order valence-corrected chi connectivity index (χ1v) is 6.69. The lowest BCUT2D eigenvalue weighted by atomic mass is 9.90. The molecule has 2 rings (SSSR count). The van der Waals surface area contributed by atoms with Gasteiger partial charge in [-0.15, -0.1) is 0 Å². The molecule has 1 aromatic carbocycles. The molecule has 1 fully saturated rings. The van der Waals surface area contributed by atoms with Gasteiger partial charge in [0.25, 0.3) is 0 Å². The van der Waals surface area contributed by atoms with Crippen LogP contribution < -0.4 is 5.32 Å². The van der Waals surface area contributed by atoms with E-state index in [0.717, 1.165) is 18.6 Å². The summed E-state index contributed by atoms with van der Waals surface area (Å²) < 4.78 is 37.2. The lowest BCUT2D eigenvalue weighted by molar-refractivity contribution is -0.137. The molecule has 0 spiro atoms. The number of aliphatic hydroxyl groups is 1. The number of halogens is 3. The summed E-state index contributed by atoms with van der Waals surface area (Å²) >= 11 is 0. The van der Waals surface area contributed by atoms with Gasteiger partial charge in [0.2, 0.25) is 0 Å². The van der Waals surface area contributed by atoms with E-state index in [1.807, 2.05) is 6.92 Å². The summed E-state index contributed by atoms with van der Waals surface area (Å²) in [6, 6.07) is 3.83. The lowest BCUT2D eigenvalue weighted by Gasteiger charge is -2.46. The molecule has 7 heteroatoms. The highest BCUT2D eigenvalue weighted by Crippen LogP contribution is 2.30. The zero-order valence-corrected chi connectivity index (χ0v) is 11.6. The first-order chi connectivity index (χ1) is 9.73. The van der Waals surface area contributed by atoms with Crippen LogP contribution in [0.5, 0.6) is 0 Å². The molecule has 0 bridgehead atoms. The second-order valence-electron chi connectivity index (χ2n) is 5.34. The van der Waals surface area contributed by atoms with Crippen LogP contribution in [-0.2, 0) is 6.18 Å². The van der Waals surface area contributed by atoms with Crippen LogP contribution in [0, 0.1) is 0 Å². The van der Waals surface area contributed by atoms with Crippen LogP contribution in [0.2, 0.25) is 0 Å². The number of likely N-dealkylation sites (tertiary alicyclic amines) is 1. The summed E-state index contributed by atoms with van der Waals surface area (Å²) in [6.07, 6.45) is -2.95. The molecule has 2 amide bonds. The summed E-state index contributed by atoms with van der Waals surface area (Å²) in [5.41, 5.74) is -1.30. The SMILES string of the molecule is CCCC1(O)CN(C(=O)Nc2ccc(C(F)(F)F)cc2)C1. The van der Waals surface area contributed by atoms with E-state index >= 15 is 0 Å². The largest absolute Gasteiger partial charge is 0.416 e. The molecule has 2 N–H and O–H groups in total. The Balaban J connectivity index is 1.90. The van der Waals surface area contributed by atoms with Gasteiger partial charge in [-0.25, -0.2) is 4.79 Å². The van der Waals surface area contributed by atoms with Gasteiger partial charge in [-0.1, -0.05) is 13.3 Å². The zero-order chi connectivity index (χ0) is 15.7. The van der Waals surface area contributed by atoms with Gasteiger partial charge in [0, 0.05) is 5.69 Å². The fraction of sp³-hybridized carbons (Fsp3) is 0.500. The molecule has 1 heterocycles. The molecule has 0 saturated carbocycles. The topological polar surface area (TPSA) is 52.6 Å². The van der Waals surface area contributed by atoms with Crippen LogP contribution >= 0.6 is 0 Å². The molecule has 0 aliphatic carbocycles. The number of alkyl halides is 3. The van der Waals surface area contributed by atoms with Crippen molar-refractivity contribution in [3.8, 4) is 0 Å². The van der Waals surface area contributed by atoms with E-state index in [0.29, 0.717) is 12.1 Å². The van der Waals surface area contributed by atoms with Crippen molar-refractivity contribution in [2.24, 2.45) is 0 Å². The van der Waals surface area contributed by atoms with Crippen LogP contribution in [0.15, 0.2) is 24.3 Å². The number of nitrogens with zero attached hydrogens (tertiary/aromatic N) is 1. The van der Waals surface area contributed by atoms with Crippen molar-refractivity contribution < 1.29 is 23.1 Å². The molecule has 21 heavy (non-hydrogen) atoms. The number of benzene rings is 1. The number of nitrogens with one attached hydrogen (secondary N) is 1. The number of carbonyl (C=O) groups excluding carboxylic acids is 1. The molecule has 4 nitrogen and oxygen atoms in total. The number of urea groups is 1. The Morgan fingerprint density at radius 2 is 1.90 bits per heavy atom. The van der Waals surface area contributed by atoms with E-state index in [9.17, 15) is 23.1 Å². The molecular weight excluding hydrogens is 285 g/mol. The van der Waals surface area contributed by atoms with E-state index in [4.69, 9.17) is 0 Å². The zero-order valence-electron chi connectivity index (χ0n) is 11.6. The van der Waals surface area contributed by atoms with Crippen LogP contribution in [0.3, 0.4) is 0 Å². The fourth-order valence-corrected chi connectivity index (χ4v) is 2.38. The Bertz CT molecular complexity index is 508. The minimum atomic E-state index is -4.39. The number of anilines is 1. The Hall–Kier alpha value is -1.76. The first-order valence-electron chi connectivity index (χ1n) is 6.69. The maximum atomic E-state index is 12.4. The van der Waals surface area contributed by atoms with Gasteiger partial charge >= 0.3 is 12.2 Å². The van der Waals surface area contributed by atoms with Gasteiger partial charge in [0.05, 0.1) is 24.3 Å². The third-order valence-electron chi connectivity index (χ3n) is 3.44. The molecule has 116 valence electrons. The van der Waals surface area contributed by atoms with Crippen molar-refractivity contribution in [1.82, 2.24) is 4.90 Å². The summed E-state index contributed by atoms with van der Waals surface area (Å²) in [7, 11) is 0. The third kappa shape index (κ3) is 3.66. The minimum absolute atomic E-state index is 0.243. The molecule has 0 radical (unpaired) electrons. The maximum absolute atomic E-state index is 12.4. The Morgan fingerprint density at radius 3 is 2.38 bits per heavy atom. The van der Waals surface area contributed by atoms with Crippen molar-refractivity contribution in [3.05, 3.63) is 29.8 Å². The number of hydrogen-bond donors (Lipinski definition) is 2. The van der Waals surface area contributed by atoms with Crippen molar-refractivity contribution in [3.63, 3.8) is 0 Å². The number of hydrogen-bond acceptors (Lipinski definition) is 2. The molecule has 1 aromatic rings. The molecule has 1 aliphatic heterocycles. The van der Waals surface area contributed by atoms with Crippen LogP contribution in [-0.4, -0.2) is 34.7 Å². The monoisotopic (exact) mass is 302 g/mol. The average Bonchev–Trinajstić information content (AvgIpc) is 2.35. The van der Waals surface area contributed by atoms with Gasteiger partial charge in [-0.3, -0.25) is 0 Å². The standard InChI is InChI=1S/C14H17F3N2O2/c1-2-7-13(21)8-19(9-13)12(20)18-11-5-3-10(4-6-11)14(15,16)17/h3-6,21H,2,7-9H2,1H3,(H,18,20). The second-order valence-corrected chi connectivity index (χ2v) is 5.34. The summed E-state index contributed by atoms with van der Waals surface area (Å²) in [5.74, 6) is 0. The predicted molar refractivity (Wildman–Crippen MR) is 71.9 cm³/mol. The van der Waals surface area contributed by atoms with Gasteiger partial charge in [0.15, 0.2) is 0 Å². The van der Waals surface area contributed by atoms with Gasteiger partial charge in [0.1, 0.15) is 0 Å². The molecule has 0 aromatic heterocycles. The number of carbonyl (C=O) groups is 1.